The van der Waals surface area contributed by atoms with Crippen molar-refractivity contribution in [3.63, 3.8) is 0 Å². The summed E-state index contributed by atoms with van der Waals surface area (Å²) in [6, 6.07) is 10.8. The fourth-order valence-corrected chi connectivity index (χ4v) is 3.51. The fraction of sp³-hybridized carbons (Fsp3) is 0.200. The van der Waals surface area contributed by atoms with Crippen molar-refractivity contribution >= 4 is 46.1 Å². The molecule has 0 saturated heterocycles. The third-order valence-electron chi connectivity index (χ3n) is 3.82. The Balaban J connectivity index is 1.46. The number of likely N-dealkylation sites (N-methyl/N-ethyl adjacent to an activating group) is 1. The van der Waals surface area contributed by atoms with Gasteiger partial charge in [-0.2, -0.15) is 0 Å². The van der Waals surface area contributed by atoms with E-state index in [1.807, 2.05) is 17.3 Å². The third-order valence-corrected chi connectivity index (χ3v) is 5.43. The molecule has 1 heterocycles. The molecule has 0 bridgehead atoms. The molecule has 0 fully saturated rings. The Morgan fingerprint density at radius 2 is 1.97 bits per heavy atom. The maximum Gasteiger partial charge on any atom is 0.238 e. The van der Waals surface area contributed by atoms with E-state index >= 15 is 0 Å². The van der Waals surface area contributed by atoms with E-state index in [2.05, 4.69) is 10.3 Å². The number of aromatic nitrogens is 1. The van der Waals surface area contributed by atoms with Crippen molar-refractivity contribution in [2.24, 2.45) is 0 Å². The van der Waals surface area contributed by atoms with Gasteiger partial charge < -0.3 is 10.1 Å². The van der Waals surface area contributed by atoms with Crippen LogP contribution in [0.1, 0.15) is 10.7 Å². The van der Waals surface area contributed by atoms with Crippen LogP contribution in [0.2, 0.25) is 10.0 Å². The number of amides is 1. The first-order chi connectivity index (χ1) is 13.9. The van der Waals surface area contributed by atoms with Gasteiger partial charge in [-0.15, -0.1) is 11.3 Å². The van der Waals surface area contributed by atoms with Gasteiger partial charge in [-0.05, 0) is 49.5 Å². The van der Waals surface area contributed by atoms with Gasteiger partial charge in [0, 0.05) is 17.6 Å². The molecule has 29 heavy (non-hydrogen) atoms. The number of carbonyl (C=O) groups is 1. The van der Waals surface area contributed by atoms with Crippen molar-refractivity contribution in [2.45, 2.75) is 13.2 Å². The zero-order chi connectivity index (χ0) is 20.8. The molecule has 0 saturated carbocycles. The monoisotopic (exact) mass is 453 g/mol. The maximum absolute atomic E-state index is 12.9. The van der Waals surface area contributed by atoms with Gasteiger partial charge in [0.05, 0.1) is 22.3 Å². The Labute approximate surface area is 182 Å². The van der Waals surface area contributed by atoms with Crippen LogP contribution in [0.25, 0.3) is 0 Å². The third kappa shape index (κ3) is 6.68. The summed E-state index contributed by atoms with van der Waals surface area (Å²) < 4.78 is 18.5. The summed E-state index contributed by atoms with van der Waals surface area (Å²) >= 11 is 13.3. The summed E-state index contributed by atoms with van der Waals surface area (Å²) in [5, 5.41) is 6.34. The minimum absolute atomic E-state index is 0.166. The highest BCUT2D eigenvalue weighted by Crippen LogP contribution is 2.25. The molecule has 0 aliphatic carbocycles. The van der Waals surface area contributed by atoms with Crippen molar-refractivity contribution in [2.75, 3.05) is 18.9 Å². The molecule has 0 atom stereocenters. The number of halogens is 3. The largest absolute Gasteiger partial charge is 0.486 e. The average molecular weight is 454 g/mol. The second-order valence-electron chi connectivity index (χ2n) is 6.32. The zero-order valence-corrected chi connectivity index (χ0v) is 17.8. The van der Waals surface area contributed by atoms with Crippen LogP contribution in [0.5, 0.6) is 5.75 Å². The van der Waals surface area contributed by atoms with Crippen molar-refractivity contribution in [1.82, 2.24) is 9.88 Å². The summed E-state index contributed by atoms with van der Waals surface area (Å²) in [5.74, 6) is 0.111. The molecule has 152 valence electrons. The number of anilines is 1. The van der Waals surface area contributed by atoms with Crippen LogP contribution < -0.4 is 10.1 Å². The van der Waals surface area contributed by atoms with E-state index in [0.29, 0.717) is 34.6 Å². The minimum Gasteiger partial charge on any atom is -0.486 e. The van der Waals surface area contributed by atoms with Crippen LogP contribution >= 0.6 is 34.5 Å². The van der Waals surface area contributed by atoms with Gasteiger partial charge in [0.15, 0.2) is 0 Å². The number of nitrogens with one attached hydrogen (secondary N) is 1. The second kappa shape index (κ2) is 10.0. The molecular formula is C20H18Cl2FN3O2S. The second-order valence-corrected chi connectivity index (χ2v) is 8.08. The summed E-state index contributed by atoms with van der Waals surface area (Å²) in [4.78, 5) is 18.6. The lowest BCUT2D eigenvalue weighted by Gasteiger charge is -2.15. The van der Waals surface area contributed by atoms with Gasteiger partial charge in [-0.3, -0.25) is 9.69 Å². The Morgan fingerprint density at radius 3 is 2.69 bits per heavy atom. The summed E-state index contributed by atoms with van der Waals surface area (Å²) in [7, 11) is 1.84. The first kappa shape index (κ1) is 21.5. The molecule has 0 aliphatic heterocycles. The molecule has 0 spiro atoms. The lowest BCUT2D eigenvalue weighted by Crippen LogP contribution is -2.29. The van der Waals surface area contributed by atoms with E-state index in [-0.39, 0.29) is 18.3 Å². The SMILES string of the molecule is CN(CC(=O)Nc1ccc(Cl)c(Cl)c1)Cc1csc(COc2ccc(F)cc2)n1. The molecule has 5 nitrogen and oxygen atoms in total. The Hall–Kier alpha value is -2.19. The van der Waals surface area contributed by atoms with E-state index in [1.165, 1.54) is 23.5 Å². The topological polar surface area (TPSA) is 54.5 Å². The number of hydrogen-bond donors (Lipinski definition) is 1. The van der Waals surface area contributed by atoms with Crippen molar-refractivity contribution in [3.8, 4) is 5.75 Å². The first-order valence-corrected chi connectivity index (χ1v) is 10.3. The van der Waals surface area contributed by atoms with Crippen LogP contribution in [-0.4, -0.2) is 29.4 Å². The molecule has 2 aromatic carbocycles. The molecule has 1 amide bonds. The Bertz CT molecular complexity index is 982. The van der Waals surface area contributed by atoms with Gasteiger partial charge in [-0.1, -0.05) is 23.2 Å². The highest BCUT2D eigenvalue weighted by molar-refractivity contribution is 7.09. The minimum atomic E-state index is -0.305. The highest BCUT2D eigenvalue weighted by atomic mass is 35.5. The molecular weight excluding hydrogens is 436 g/mol. The van der Waals surface area contributed by atoms with E-state index in [9.17, 15) is 9.18 Å². The molecule has 1 aromatic heterocycles. The van der Waals surface area contributed by atoms with Crippen LogP contribution in [0.15, 0.2) is 47.8 Å². The summed E-state index contributed by atoms with van der Waals surface area (Å²) in [6.45, 7) is 1.01. The standard InChI is InChI=1S/C20H18Cl2FN3O2S/c1-26(10-19(27)24-14-4-7-17(21)18(22)8-14)9-15-12-29-20(25-15)11-28-16-5-2-13(23)3-6-16/h2-8,12H,9-11H2,1H3,(H,24,27). The van der Waals surface area contributed by atoms with E-state index in [0.717, 1.165) is 10.7 Å². The maximum atomic E-state index is 12.9. The van der Waals surface area contributed by atoms with Gasteiger partial charge in [0.2, 0.25) is 5.91 Å². The lowest BCUT2D eigenvalue weighted by atomic mass is 10.3. The highest BCUT2D eigenvalue weighted by Gasteiger charge is 2.11. The molecule has 0 aliphatic rings. The molecule has 1 N–H and O–H groups in total. The van der Waals surface area contributed by atoms with E-state index in [1.54, 1.807) is 30.3 Å². The van der Waals surface area contributed by atoms with Gasteiger partial charge in [0.25, 0.3) is 0 Å². The number of carbonyl (C=O) groups excluding carboxylic acids is 1. The Kier molecular flexibility index (Phi) is 7.44. The molecule has 0 radical (unpaired) electrons. The van der Waals surface area contributed by atoms with Crippen molar-refractivity contribution < 1.29 is 13.9 Å². The van der Waals surface area contributed by atoms with Crippen molar-refractivity contribution in [1.29, 1.82) is 0 Å². The van der Waals surface area contributed by atoms with E-state index in [4.69, 9.17) is 27.9 Å². The zero-order valence-electron chi connectivity index (χ0n) is 15.5. The van der Waals surface area contributed by atoms with Crippen LogP contribution in [0.3, 0.4) is 0 Å². The number of rotatable bonds is 8. The predicted octanol–water partition coefficient (Wildman–Crippen LogP) is 5.24. The Morgan fingerprint density at radius 1 is 1.21 bits per heavy atom. The smallest absolute Gasteiger partial charge is 0.238 e. The van der Waals surface area contributed by atoms with Gasteiger partial charge >= 0.3 is 0 Å². The molecule has 3 rings (SSSR count). The molecule has 3 aromatic rings. The number of ether oxygens (including phenoxy) is 1. The summed E-state index contributed by atoms with van der Waals surface area (Å²) in [5.41, 5.74) is 1.43. The normalized spacial score (nSPS) is 10.9. The first-order valence-electron chi connectivity index (χ1n) is 8.64. The number of thiazole rings is 1. The van der Waals surface area contributed by atoms with Crippen LogP contribution in [0.4, 0.5) is 10.1 Å². The number of hydrogen-bond acceptors (Lipinski definition) is 5. The van der Waals surface area contributed by atoms with E-state index < -0.39 is 0 Å². The number of nitrogens with zero attached hydrogens (tertiary/aromatic N) is 2. The van der Waals surface area contributed by atoms with Gasteiger partial charge in [-0.25, -0.2) is 9.37 Å². The number of benzene rings is 2. The fourth-order valence-electron chi connectivity index (χ4n) is 2.52. The van der Waals surface area contributed by atoms with Gasteiger partial charge in [0.1, 0.15) is 23.2 Å². The molecule has 0 unspecified atom stereocenters. The average Bonchev–Trinajstić information content (AvgIpc) is 3.11. The lowest BCUT2D eigenvalue weighted by molar-refractivity contribution is -0.117. The van der Waals surface area contributed by atoms with Crippen molar-refractivity contribution in [3.05, 3.63) is 74.4 Å². The quantitative estimate of drug-likeness (QED) is 0.506. The van der Waals surface area contributed by atoms with Crippen LogP contribution in [0, 0.1) is 5.82 Å². The van der Waals surface area contributed by atoms with Crippen LogP contribution in [-0.2, 0) is 17.9 Å². The molecule has 9 heteroatoms. The predicted molar refractivity (Wildman–Crippen MR) is 114 cm³/mol. The summed E-state index contributed by atoms with van der Waals surface area (Å²) in [6.07, 6.45) is 0.